The molecule has 0 aliphatic carbocycles. The molecule has 1 aliphatic rings. The molecule has 2 amide bonds. The molecule has 134 valence electrons. The summed E-state index contributed by atoms with van der Waals surface area (Å²) in [4.78, 5) is 12.6. The fourth-order valence-electron chi connectivity index (χ4n) is 4.09. The molecule has 0 radical (unpaired) electrons. The van der Waals surface area contributed by atoms with Crippen LogP contribution in [0.3, 0.4) is 0 Å². The lowest BCUT2D eigenvalue weighted by atomic mass is 9.79. The van der Waals surface area contributed by atoms with Gasteiger partial charge in [0.25, 0.3) is 0 Å². The Balaban J connectivity index is 2.01. The molecule has 1 unspecified atom stereocenters. The molecule has 2 rings (SSSR count). The molecule has 1 aromatic carbocycles. The van der Waals surface area contributed by atoms with Gasteiger partial charge in [-0.15, -0.1) is 0 Å². The zero-order valence-corrected chi connectivity index (χ0v) is 15.9. The van der Waals surface area contributed by atoms with E-state index in [9.17, 15) is 4.79 Å². The van der Waals surface area contributed by atoms with Crippen LogP contribution in [0.15, 0.2) is 30.3 Å². The number of hydrogen-bond acceptors (Lipinski definition) is 2. The van der Waals surface area contributed by atoms with Crippen molar-refractivity contribution in [3.8, 4) is 0 Å². The first kappa shape index (κ1) is 18.8. The van der Waals surface area contributed by atoms with E-state index in [0.29, 0.717) is 5.92 Å². The van der Waals surface area contributed by atoms with Crippen molar-refractivity contribution in [2.45, 2.75) is 77.5 Å². The molecule has 3 N–H and O–H groups in total. The van der Waals surface area contributed by atoms with Gasteiger partial charge >= 0.3 is 6.03 Å². The van der Waals surface area contributed by atoms with E-state index in [0.717, 1.165) is 18.4 Å². The molecular weight excluding hydrogens is 298 g/mol. The predicted octanol–water partition coefficient (Wildman–Crippen LogP) is 3.99. The minimum absolute atomic E-state index is 0.0222. The van der Waals surface area contributed by atoms with Crippen LogP contribution in [0.1, 0.15) is 66.0 Å². The highest BCUT2D eigenvalue weighted by atomic mass is 16.2. The van der Waals surface area contributed by atoms with E-state index in [2.05, 4.69) is 69.6 Å². The van der Waals surface area contributed by atoms with Crippen LogP contribution in [0.4, 0.5) is 4.79 Å². The van der Waals surface area contributed by atoms with Gasteiger partial charge in [-0.25, -0.2) is 4.79 Å². The third-order valence-electron chi connectivity index (χ3n) is 4.64. The summed E-state index contributed by atoms with van der Waals surface area (Å²) in [6.07, 6.45) is 1.86. The third-order valence-corrected chi connectivity index (χ3v) is 4.64. The highest BCUT2D eigenvalue weighted by Gasteiger charge is 2.38. The molecule has 1 aromatic rings. The van der Waals surface area contributed by atoms with Crippen LogP contribution in [0, 0.1) is 5.92 Å². The van der Waals surface area contributed by atoms with E-state index in [-0.39, 0.29) is 29.2 Å². The Morgan fingerprint density at radius 3 is 2.12 bits per heavy atom. The minimum Gasteiger partial charge on any atom is -0.335 e. The van der Waals surface area contributed by atoms with Gasteiger partial charge in [0.2, 0.25) is 0 Å². The highest BCUT2D eigenvalue weighted by molar-refractivity contribution is 5.74. The lowest BCUT2D eigenvalue weighted by Gasteiger charge is -2.46. The summed E-state index contributed by atoms with van der Waals surface area (Å²) in [6.45, 7) is 13.1. The predicted molar refractivity (Wildman–Crippen MR) is 100 cm³/mol. The molecule has 0 aromatic heterocycles. The van der Waals surface area contributed by atoms with Crippen LogP contribution >= 0.6 is 0 Å². The van der Waals surface area contributed by atoms with Gasteiger partial charge in [0, 0.05) is 17.1 Å². The quantitative estimate of drug-likeness (QED) is 0.781. The summed E-state index contributed by atoms with van der Waals surface area (Å²) in [6, 6.07) is 10.3. The molecule has 1 heterocycles. The molecule has 1 fully saturated rings. The van der Waals surface area contributed by atoms with E-state index >= 15 is 0 Å². The number of carbonyl (C=O) groups excluding carboxylic acids is 1. The molecule has 0 saturated carbocycles. The molecule has 1 saturated heterocycles. The number of urea groups is 1. The molecule has 0 spiro atoms. The minimum atomic E-state index is -0.0731. The van der Waals surface area contributed by atoms with Crippen molar-refractivity contribution in [3.05, 3.63) is 35.9 Å². The summed E-state index contributed by atoms with van der Waals surface area (Å²) in [7, 11) is 0. The van der Waals surface area contributed by atoms with E-state index in [4.69, 9.17) is 0 Å². The van der Waals surface area contributed by atoms with Crippen molar-refractivity contribution in [1.82, 2.24) is 16.0 Å². The number of carbonyl (C=O) groups is 1. The Morgan fingerprint density at radius 1 is 1.08 bits per heavy atom. The van der Waals surface area contributed by atoms with Crippen LogP contribution in [0.5, 0.6) is 0 Å². The smallest absolute Gasteiger partial charge is 0.315 e. The Labute approximate surface area is 146 Å². The molecular formula is C20H33N3O. The van der Waals surface area contributed by atoms with Crippen LogP contribution in [-0.4, -0.2) is 23.2 Å². The van der Waals surface area contributed by atoms with Gasteiger partial charge in [-0.2, -0.15) is 0 Å². The largest absolute Gasteiger partial charge is 0.335 e. The summed E-state index contributed by atoms with van der Waals surface area (Å²) < 4.78 is 0. The molecule has 4 heteroatoms. The average molecular weight is 332 g/mol. The lowest BCUT2D eigenvalue weighted by molar-refractivity contribution is 0.146. The Kier molecular flexibility index (Phi) is 5.59. The van der Waals surface area contributed by atoms with E-state index in [1.165, 1.54) is 0 Å². The first-order chi connectivity index (χ1) is 11.1. The summed E-state index contributed by atoms with van der Waals surface area (Å²) in [5.41, 5.74) is 1.20. The second-order valence-corrected chi connectivity index (χ2v) is 8.75. The maximum Gasteiger partial charge on any atom is 0.315 e. The number of hydrogen-bond donors (Lipinski definition) is 3. The Bertz CT molecular complexity index is 535. The van der Waals surface area contributed by atoms with Crippen molar-refractivity contribution in [2.24, 2.45) is 5.92 Å². The monoisotopic (exact) mass is 331 g/mol. The second-order valence-electron chi connectivity index (χ2n) is 8.75. The van der Waals surface area contributed by atoms with E-state index in [1.807, 2.05) is 18.2 Å². The molecule has 1 atom stereocenters. The SMILES string of the molecule is CC(C)C(NC(=O)NC1CC(C)(C)NC(C)(C)C1)c1ccccc1. The number of piperidine rings is 1. The van der Waals surface area contributed by atoms with Gasteiger partial charge in [0.05, 0.1) is 6.04 Å². The van der Waals surface area contributed by atoms with Crippen molar-refractivity contribution in [2.75, 3.05) is 0 Å². The zero-order valence-electron chi connectivity index (χ0n) is 15.9. The van der Waals surface area contributed by atoms with Crippen LogP contribution in [0.2, 0.25) is 0 Å². The van der Waals surface area contributed by atoms with E-state index in [1.54, 1.807) is 0 Å². The summed E-state index contributed by atoms with van der Waals surface area (Å²) in [5.74, 6) is 0.332. The number of benzene rings is 1. The van der Waals surface area contributed by atoms with Gasteiger partial charge in [-0.1, -0.05) is 44.2 Å². The second kappa shape index (κ2) is 7.14. The molecule has 0 bridgehead atoms. The summed E-state index contributed by atoms with van der Waals surface area (Å²) >= 11 is 0. The lowest BCUT2D eigenvalue weighted by Crippen LogP contribution is -2.62. The van der Waals surface area contributed by atoms with Gasteiger partial charge in [0.15, 0.2) is 0 Å². The van der Waals surface area contributed by atoms with Crippen molar-refractivity contribution in [3.63, 3.8) is 0 Å². The molecule has 4 nitrogen and oxygen atoms in total. The third kappa shape index (κ3) is 5.23. The fraction of sp³-hybridized carbons (Fsp3) is 0.650. The van der Waals surface area contributed by atoms with Gasteiger partial charge < -0.3 is 16.0 Å². The first-order valence-electron chi connectivity index (χ1n) is 8.99. The number of amides is 2. The van der Waals surface area contributed by atoms with E-state index < -0.39 is 0 Å². The standard InChI is InChI=1S/C20H33N3O/c1-14(2)17(15-10-8-7-9-11-15)22-18(24)21-16-12-19(3,4)23-20(5,6)13-16/h7-11,14,16-17,23H,12-13H2,1-6H3,(H2,21,22,24). The number of rotatable bonds is 4. The normalized spacial score (nSPS) is 21.3. The molecule has 1 aliphatic heterocycles. The van der Waals surface area contributed by atoms with Crippen LogP contribution in [0.25, 0.3) is 0 Å². The van der Waals surface area contributed by atoms with Gasteiger partial charge in [-0.3, -0.25) is 0 Å². The topological polar surface area (TPSA) is 53.2 Å². The van der Waals surface area contributed by atoms with Crippen molar-refractivity contribution < 1.29 is 4.79 Å². The summed E-state index contributed by atoms with van der Waals surface area (Å²) in [5, 5.41) is 10.0. The zero-order chi connectivity index (χ0) is 18.0. The Hall–Kier alpha value is -1.55. The first-order valence-corrected chi connectivity index (χ1v) is 8.99. The van der Waals surface area contributed by atoms with Gasteiger partial charge in [-0.05, 0) is 52.0 Å². The fourth-order valence-corrected chi connectivity index (χ4v) is 4.09. The van der Waals surface area contributed by atoms with Crippen molar-refractivity contribution >= 4 is 6.03 Å². The van der Waals surface area contributed by atoms with Crippen molar-refractivity contribution in [1.29, 1.82) is 0 Å². The van der Waals surface area contributed by atoms with Gasteiger partial charge in [0.1, 0.15) is 0 Å². The number of nitrogens with one attached hydrogen (secondary N) is 3. The highest BCUT2D eigenvalue weighted by Crippen LogP contribution is 2.28. The maximum absolute atomic E-state index is 12.6. The average Bonchev–Trinajstić information content (AvgIpc) is 2.41. The van der Waals surface area contributed by atoms with Crippen LogP contribution in [-0.2, 0) is 0 Å². The Morgan fingerprint density at radius 2 is 1.62 bits per heavy atom. The maximum atomic E-state index is 12.6. The van der Waals surface area contributed by atoms with Crippen LogP contribution < -0.4 is 16.0 Å². The molecule has 24 heavy (non-hydrogen) atoms.